The Balaban J connectivity index is 2.10. The van der Waals surface area contributed by atoms with E-state index < -0.39 is 0 Å². The van der Waals surface area contributed by atoms with Crippen LogP contribution in [0, 0.1) is 0 Å². The summed E-state index contributed by atoms with van der Waals surface area (Å²) in [6.07, 6.45) is 2.14. The Morgan fingerprint density at radius 1 is 1.37 bits per heavy atom. The third-order valence-electron chi connectivity index (χ3n) is 3.36. The second kappa shape index (κ2) is 6.33. The van der Waals surface area contributed by atoms with E-state index in [1.807, 2.05) is 16.7 Å². The smallest absolute Gasteiger partial charge is 0.317 e. The minimum Gasteiger partial charge on any atom is -0.341 e. The highest BCUT2D eigenvalue weighted by atomic mass is 32.2. The molecule has 0 saturated carbocycles. The minimum absolute atomic E-state index is 0.0307. The van der Waals surface area contributed by atoms with E-state index in [1.54, 1.807) is 7.05 Å². The van der Waals surface area contributed by atoms with Crippen LogP contribution in [0.25, 0.3) is 0 Å². The quantitative estimate of drug-likeness (QED) is 0.856. The van der Waals surface area contributed by atoms with Crippen LogP contribution in [0.15, 0.2) is 29.2 Å². The summed E-state index contributed by atoms with van der Waals surface area (Å²) in [7, 11) is 1.69. The maximum atomic E-state index is 11.8. The highest BCUT2D eigenvalue weighted by molar-refractivity contribution is 7.99. The number of hydrogen-bond donors (Lipinski definition) is 1. The molecular weight excluding hydrogens is 256 g/mol. The molecule has 1 unspecified atom stereocenters. The van der Waals surface area contributed by atoms with Crippen LogP contribution >= 0.6 is 11.8 Å². The van der Waals surface area contributed by atoms with E-state index in [2.05, 4.69) is 43.4 Å². The largest absolute Gasteiger partial charge is 0.341 e. The Bertz CT molecular complexity index is 430. The van der Waals surface area contributed by atoms with Crippen molar-refractivity contribution in [2.75, 3.05) is 13.6 Å². The average molecular weight is 278 g/mol. The zero-order chi connectivity index (χ0) is 13.8. The van der Waals surface area contributed by atoms with E-state index >= 15 is 0 Å². The molecule has 4 heteroatoms. The summed E-state index contributed by atoms with van der Waals surface area (Å²) in [4.78, 5) is 15.1. The number of likely N-dealkylation sites (tertiary alicyclic amines) is 1. The number of carbonyl (C=O) groups excluding carboxylic acids is 1. The molecule has 0 aliphatic carbocycles. The number of nitrogens with one attached hydrogen (secondary N) is 1. The Hall–Kier alpha value is -1.16. The van der Waals surface area contributed by atoms with Crippen LogP contribution in [0.2, 0.25) is 0 Å². The Morgan fingerprint density at radius 2 is 2.05 bits per heavy atom. The molecule has 1 saturated heterocycles. The fraction of sp³-hybridized carbons (Fsp3) is 0.533. The normalized spacial score (nSPS) is 18.9. The van der Waals surface area contributed by atoms with Gasteiger partial charge in [-0.05, 0) is 30.5 Å². The topological polar surface area (TPSA) is 32.3 Å². The number of thioether (sulfide) groups is 1. The molecule has 1 aliphatic heterocycles. The van der Waals surface area contributed by atoms with E-state index in [9.17, 15) is 4.79 Å². The van der Waals surface area contributed by atoms with Gasteiger partial charge in [0.1, 0.15) is 0 Å². The van der Waals surface area contributed by atoms with Gasteiger partial charge in [-0.3, -0.25) is 0 Å². The van der Waals surface area contributed by atoms with Gasteiger partial charge < -0.3 is 10.2 Å². The lowest BCUT2D eigenvalue weighted by Gasteiger charge is -2.24. The molecule has 0 radical (unpaired) electrons. The molecule has 2 rings (SSSR count). The fourth-order valence-corrected chi connectivity index (χ4v) is 3.38. The molecule has 19 heavy (non-hydrogen) atoms. The monoisotopic (exact) mass is 278 g/mol. The Kier molecular flexibility index (Phi) is 4.75. The van der Waals surface area contributed by atoms with Gasteiger partial charge in [-0.15, -0.1) is 11.8 Å². The van der Waals surface area contributed by atoms with Gasteiger partial charge >= 0.3 is 6.03 Å². The zero-order valence-corrected chi connectivity index (χ0v) is 12.7. The summed E-state index contributed by atoms with van der Waals surface area (Å²) in [5, 5.41) is 3.32. The summed E-state index contributed by atoms with van der Waals surface area (Å²) in [6.45, 7) is 5.25. The maximum Gasteiger partial charge on any atom is 0.317 e. The molecule has 1 fully saturated rings. The summed E-state index contributed by atoms with van der Waals surface area (Å²) >= 11 is 1.87. The first-order valence-electron chi connectivity index (χ1n) is 6.86. The van der Waals surface area contributed by atoms with Crippen molar-refractivity contribution in [1.29, 1.82) is 0 Å². The van der Waals surface area contributed by atoms with Crippen LogP contribution in [0.5, 0.6) is 0 Å². The minimum atomic E-state index is 0.0307. The summed E-state index contributed by atoms with van der Waals surface area (Å²) < 4.78 is 0. The summed E-state index contributed by atoms with van der Waals surface area (Å²) in [5.74, 6) is 0. The molecule has 0 aromatic heterocycles. The van der Waals surface area contributed by atoms with Gasteiger partial charge in [0.15, 0.2) is 0 Å². The lowest BCUT2D eigenvalue weighted by Crippen LogP contribution is -2.37. The predicted octanol–water partition coefficient (Wildman–Crippen LogP) is 3.66. The van der Waals surface area contributed by atoms with Gasteiger partial charge in [0.05, 0.1) is 6.04 Å². The average Bonchev–Trinajstić information content (AvgIpc) is 2.87. The highest BCUT2D eigenvalue weighted by Crippen LogP contribution is 2.33. The highest BCUT2D eigenvalue weighted by Gasteiger charge is 2.29. The molecule has 1 aliphatic rings. The van der Waals surface area contributed by atoms with E-state index in [-0.39, 0.29) is 12.1 Å². The van der Waals surface area contributed by atoms with Crippen molar-refractivity contribution in [3.8, 4) is 0 Å². The van der Waals surface area contributed by atoms with Crippen LogP contribution in [0.3, 0.4) is 0 Å². The second-order valence-electron chi connectivity index (χ2n) is 5.14. The molecule has 1 aromatic carbocycles. The van der Waals surface area contributed by atoms with Gasteiger partial charge in [-0.25, -0.2) is 4.79 Å². The first-order valence-corrected chi connectivity index (χ1v) is 7.74. The molecule has 3 nitrogen and oxygen atoms in total. The molecule has 104 valence electrons. The van der Waals surface area contributed by atoms with Crippen molar-refractivity contribution < 1.29 is 4.79 Å². The second-order valence-corrected chi connectivity index (χ2v) is 6.79. The van der Waals surface area contributed by atoms with Crippen LogP contribution in [0.1, 0.15) is 38.3 Å². The number of urea groups is 1. The number of rotatable bonds is 3. The van der Waals surface area contributed by atoms with Crippen LogP contribution in [-0.4, -0.2) is 29.8 Å². The molecule has 2 amide bonds. The maximum absolute atomic E-state index is 11.8. The molecular formula is C15H22N2OS. The number of amides is 2. The number of nitrogens with zero attached hydrogens (tertiary/aromatic N) is 1. The van der Waals surface area contributed by atoms with Crippen LogP contribution in [-0.2, 0) is 0 Å². The van der Waals surface area contributed by atoms with E-state index in [1.165, 1.54) is 10.5 Å². The predicted molar refractivity (Wildman–Crippen MR) is 80.6 cm³/mol. The number of hydrogen-bond acceptors (Lipinski definition) is 2. The SMILES string of the molecule is CNC(=O)N1CCCC1c1ccc(SC(C)C)cc1. The van der Waals surface area contributed by atoms with Gasteiger partial charge in [0.25, 0.3) is 0 Å². The van der Waals surface area contributed by atoms with Crippen molar-refractivity contribution in [2.45, 2.75) is 42.9 Å². The van der Waals surface area contributed by atoms with Crippen molar-refractivity contribution >= 4 is 17.8 Å². The van der Waals surface area contributed by atoms with Gasteiger partial charge in [0.2, 0.25) is 0 Å². The lowest BCUT2D eigenvalue weighted by atomic mass is 10.1. The number of carbonyl (C=O) groups is 1. The fourth-order valence-electron chi connectivity index (χ4n) is 2.54. The van der Waals surface area contributed by atoms with Gasteiger partial charge in [-0.1, -0.05) is 26.0 Å². The van der Waals surface area contributed by atoms with Gasteiger partial charge in [0, 0.05) is 23.7 Å². The molecule has 0 bridgehead atoms. The van der Waals surface area contributed by atoms with Crippen molar-refractivity contribution in [3.63, 3.8) is 0 Å². The lowest BCUT2D eigenvalue weighted by molar-refractivity contribution is 0.195. The summed E-state index contributed by atoms with van der Waals surface area (Å²) in [6, 6.07) is 8.93. The standard InChI is InChI=1S/C15H22N2OS/c1-11(2)19-13-8-6-12(7-9-13)14-5-4-10-17(14)15(18)16-3/h6-9,11,14H,4-5,10H2,1-3H3,(H,16,18). The van der Waals surface area contributed by atoms with E-state index in [0.717, 1.165) is 19.4 Å². The van der Waals surface area contributed by atoms with E-state index in [4.69, 9.17) is 0 Å². The molecule has 1 N–H and O–H groups in total. The van der Waals surface area contributed by atoms with Crippen molar-refractivity contribution in [1.82, 2.24) is 10.2 Å². The third kappa shape index (κ3) is 3.44. The molecule has 1 heterocycles. The van der Waals surface area contributed by atoms with E-state index in [0.29, 0.717) is 5.25 Å². The molecule has 1 aromatic rings. The molecule has 0 spiro atoms. The summed E-state index contributed by atoms with van der Waals surface area (Å²) in [5.41, 5.74) is 1.24. The van der Waals surface area contributed by atoms with Crippen LogP contribution < -0.4 is 5.32 Å². The first-order chi connectivity index (χ1) is 9.11. The zero-order valence-electron chi connectivity index (χ0n) is 11.8. The Labute approximate surface area is 119 Å². The third-order valence-corrected chi connectivity index (χ3v) is 4.38. The first kappa shape index (κ1) is 14.3. The van der Waals surface area contributed by atoms with Crippen molar-refractivity contribution in [3.05, 3.63) is 29.8 Å². The van der Waals surface area contributed by atoms with Crippen LogP contribution in [0.4, 0.5) is 4.79 Å². The van der Waals surface area contributed by atoms with Gasteiger partial charge in [-0.2, -0.15) is 0 Å². The molecule has 1 atom stereocenters. The Morgan fingerprint density at radius 3 is 2.63 bits per heavy atom. The number of benzene rings is 1. The van der Waals surface area contributed by atoms with Crippen molar-refractivity contribution in [2.24, 2.45) is 0 Å².